The lowest BCUT2D eigenvalue weighted by molar-refractivity contribution is 0.511. The predicted octanol–water partition coefficient (Wildman–Crippen LogP) is 1.70. The summed E-state index contributed by atoms with van der Waals surface area (Å²) in [4.78, 5) is 0. The molecule has 0 aliphatic heterocycles. The van der Waals surface area contributed by atoms with Gasteiger partial charge < -0.3 is 4.11 Å². The Hall–Kier alpha value is 0.307. The maximum Gasteiger partial charge on any atom is 0.271 e. The van der Waals surface area contributed by atoms with E-state index in [0.29, 0.717) is 0 Å². The van der Waals surface area contributed by atoms with E-state index in [9.17, 15) is 8.50 Å². The van der Waals surface area contributed by atoms with Crippen molar-refractivity contribution in [3.63, 3.8) is 0 Å². The third-order valence-corrected chi connectivity index (χ3v) is 3.89. The molecular weight excluding hydrogens is 248 g/mol. The highest BCUT2D eigenvalue weighted by molar-refractivity contribution is 7.90. The first-order valence-electron chi connectivity index (χ1n) is 5.04. The van der Waals surface area contributed by atoms with Gasteiger partial charge in [-0.1, -0.05) is 12.9 Å². The zero-order valence-electron chi connectivity index (χ0n) is 11.7. The average molecular weight is 274 g/mol. The average Bonchev–Trinajstić information content (AvgIpc) is 2.01. The molecule has 0 radical (unpaired) electrons. The van der Waals surface area contributed by atoms with Gasteiger partial charge in [0, 0.05) is 42.3 Å². The molecule has 16 heavy (non-hydrogen) atoms. The summed E-state index contributed by atoms with van der Waals surface area (Å²) in [6.45, 7) is 2.68. The van der Waals surface area contributed by atoms with E-state index < -0.39 is 14.7 Å². The van der Waals surface area contributed by atoms with Crippen molar-refractivity contribution in [3.8, 4) is 0 Å². The Morgan fingerprint density at radius 1 is 0.875 bits per heavy atom. The number of halogens is 2. The third-order valence-electron chi connectivity index (χ3n) is 1.30. The first-order valence-corrected chi connectivity index (χ1v) is 9.22. The molecule has 0 aromatic heterocycles. The van der Waals surface area contributed by atoms with Gasteiger partial charge in [-0.05, 0) is 13.1 Å². The molecule has 0 rings (SSSR count). The van der Waals surface area contributed by atoms with Crippen LogP contribution in [-0.4, -0.2) is 69.9 Å². The first kappa shape index (κ1) is 18.7. The molecule has 0 spiro atoms. The Bertz CT molecular complexity index is 156. The number of alkyl halides is 1. The molecule has 0 heterocycles. The summed E-state index contributed by atoms with van der Waals surface area (Å²) in [5.41, 5.74) is 0. The fourth-order valence-corrected chi connectivity index (χ4v) is 2.94. The molecule has 0 saturated heterocycles. The van der Waals surface area contributed by atoms with Crippen molar-refractivity contribution in [3.05, 3.63) is 0 Å². The van der Waals surface area contributed by atoms with Crippen LogP contribution in [0.4, 0.5) is 8.50 Å². The summed E-state index contributed by atoms with van der Waals surface area (Å²) in [6, 6.07) is 0. The number of rotatable bonds is 4. The molecule has 0 aliphatic rings. The van der Waals surface area contributed by atoms with E-state index in [4.69, 9.17) is 0 Å². The Balaban J connectivity index is 0. The Labute approximate surface area is 103 Å². The van der Waals surface area contributed by atoms with E-state index in [1.54, 1.807) is 0 Å². The zero-order chi connectivity index (χ0) is 13.5. The minimum absolute atomic E-state index is 0.120. The van der Waals surface area contributed by atoms with E-state index in [1.807, 2.05) is 0 Å². The van der Waals surface area contributed by atoms with Crippen LogP contribution in [0.5, 0.6) is 0 Å². The molecule has 0 aliphatic carbocycles. The summed E-state index contributed by atoms with van der Waals surface area (Å²) in [7, 11) is 9.72. The van der Waals surface area contributed by atoms with Crippen LogP contribution in [0.1, 0.15) is 0 Å². The monoisotopic (exact) mass is 274 g/mol. The Kier molecular flexibility index (Phi) is 9.81. The fourth-order valence-electron chi connectivity index (χ4n) is 0.980. The molecule has 0 unspecified atom stereocenters. The van der Waals surface area contributed by atoms with Gasteiger partial charge in [-0.25, -0.2) is 0 Å². The first-order chi connectivity index (χ1) is 7.02. The van der Waals surface area contributed by atoms with Crippen molar-refractivity contribution in [2.45, 2.75) is 13.1 Å². The van der Waals surface area contributed by atoms with Crippen molar-refractivity contribution in [2.24, 2.45) is 0 Å². The largest absolute Gasteiger partial charge is 0.312 e. The molecule has 3 nitrogen and oxygen atoms in total. The van der Waals surface area contributed by atoms with Gasteiger partial charge >= 0.3 is 0 Å². The molecule has 0 N–H and O–H groups in total. The standard InChI is InChI=1S/C6H18N3S.C3H8F2Si/c1-7(2)10(8(3)4)9(5)6;1-6(2,5)3-4/h1-6H3;3H2,1-2H3/q+1;. The molecule has 0 aromatic carbocycles. The van der Waals surface area contributed by atoms with E-state index in [-0.39, 0.29) is 11.5 Å². The number of hydrogen-bond acceptors (Lipinski definition) is 3. The topological polar surface area (TPSA) is 9.72 Å². The Morgan fingerprint density at radius 3 is 1.06 bits per heavy atom. The van der Waals surface area contributed by atoms with Crippen LogP contribution in [0, 0.1) is 0 Å². The highest BCUT2D eigenvalue weighted by atomic mass is 32.2. The molecule has 100 valence electrons. The summed E-state index contributed by atoms with van der Waals surface area (Å²) in [5, 5.41) is 0. The van der Waals surface area contributed by atoms with Gasteiger partial charge in [0.15, 0.2) is 0 Å². The summed E-state index contributed by atoms with van der Waals surface area (Å²) in [5.74, 6) is 0. The van der Waals surface area contributed by atoms with Crippen LogP contribution in [0.25, 0.3) is 0 Å². The molecule has 0 aromatic rings. The normalized spacial score (nSPS) is 12.4. The quantitative estimate of drug-likeness (QED) is 0.439. The van der Waals surface area contributed by atoms with Crippen molar-refractivity contribution in [2.75, 3.05) is 48.6 Å². The number of hydrogen-bond donors (Lipinski definition) is 0. The van der Waals surface area contributed by atoms with Crippen LogP contribution >= 0.6 is 0 Å². The van der Waals surface area contributed by atoms with E-state index >= 15 is 0 Å². The van der Waals surface area contributed by atoms with E-state index in [0.717, 1.165) is 0 Å². The van der Waals surface area contributed by atoms with Crippen LogP contribution in [-0.2, 0) is 11.5 Å². The van der Waals surface area contributed by atoms with Crippen LogP contribution in [0.2, 0.25) is 13.1 Å². The van der Waals surface area contributed by atoms with Gasteiger partial charge in [-0.2, -0.15) is 0 Å². The lowest BCUT2D eigenvalue weighted by atomic mass is 11.2. The van der Waals surface area contributed by atoms with E-state index in [2.05, 4.69) is 55.2 Å². The van der Waals surface area contributed by atoms with Crippen molar-refractivity contribution in [1.29, 1.82) is 0 Å². The summed E-state index contributed by atoms with van der Waals surface area (Å²) in [6.07, 6.45) is -0.757. The zero-order valence-corrected chi connectivity index (χ0v) is 13.5. The highest BCUT2D eigenvalue weighted by Gasteiger charge is 2.29. The van der Waals surface area contributed by atoms with Crippen molar-refractivity contribution in [1.82, 2.24) is 12.9 Å². The lowest BCUT2D eigenvalue weighted by Gasteiger charge is -2.20. The number of nitrogens with zero attached hydrogens (tertiary/aromatic N) is 3. The second-order valence-electron chi connectivity index (χ2n) is 4.53. The summed E-state index contributed by atoms with van der Waals surface area (Å²) >= 11 is 0.120. The van der Waals surface area contributed by atoms with Crippen LogP contribution in [0.3, 0.4) is 0 Å². The highest BCUT2D eigenvalue weighted by Crippen LogP contribution is 2.05. The van der Waals surface area contributed by atoms with Crippen LogP contribution < -0.4 is 0 Å². The molecule has 0 fully saturated rings. The molecule has 0 amide bonds. The second kappa shape index (κ2) is 8.41. The second-order valence-corrected chi connectivity index (χ2v) is 10.9. The fraction of sp³-hybridized carbons (Fsp3) is 1.00. The van der Waals surface area contributed by atoms with Gasteiger partial charge in [-0.15, -0.1) is 0 Å². The SMILES string of the molecule is CN(C)[S+](N(C)C)N(C)C.C[Si](C)(F)CF. The Morgan fingerprint density at radius 2 is 1.06 bits per heavy atom. The van der Waals surface area contributed by atoms with Gasteiger partial charge in [0.05, 0.1) is 0 Å². The minimum Gasteiger partial charge on any atom is -0.312 e. The van der Waals surface area contributed by atoms with Gasteiger partial charge in [0.1, 0.15) is 6.30 Å². The molecule has 0 atom stereocenters. The smallest absolute Gasteiger partial charge is 0.271 e. The third kappa shape index (κ3) is 10.8. The molecule has 0 bridgehead atoms. The van der Waals surface area contributed by atoms with E-state index in [1.165, 1.54) is 13.1 Å². The van der Waals surface area contributed by atoms with Crippen molar-refractivity contribution >= 4 is 19.9 Å². The molecule has 7 heteroatoms. The maximum atomic E-state index is 11.9. The molecular formula is C9H26F2N3SSi+. The molecule has 0 saturated carbocycles. The van der Waals surface area contributed by atoms with Crippen LogP contribution in [0.15, 0.2) is 0 Å². The lowest BCUT2D eigenvalue weighted by Crippen LogP contribution is -2.44. The predicted molar refractivity (Wildman–Crippen MR) is 73.0 cm³/mol. The minimum atomic E-state index is -2.80. The van der Waals surface area contributed by atoms with Gasteiger partial charge in [0.2, 0.25) is 0 Å². The maximum absolute atomic E-state index is 11.9. The van der Waals surface area contributed by atoms with Gasteiger partial charge in [0.25, 0.3) is 19.9 Å². The van der Waals surface area contributed by atoms with Gasteiger partial charge in [-0.3, -0.25) is 4.39 Å². The van der Waals surface area contributed by atoms with Crippen molar-refractivity contribution < 1.29 is 8.50 Å². The summed E-state index contributed by atoms with van der Waals surface area (Å²) < 4.78 is 29.7.